The summed E-state index contributed by atoms with van der Waals surface area (Å²) in [6, 6.07) is 3.14. The van der Waals surface area contributed by atoms with E-state index in [1.165, 1.54) is 6.07 Å². The minimum Gasteiger partial charge on any atom is -0.496 e. The molecule has 0 atom stereocenters. The first-order valence-electron chi connectivity index (χ1n) is 6.85. The molecule has 0 radical (unpaired) electrons. The minimum absolute atomic E-state index is 0.315. The van der Waals surface area contributed by atoms with Gasteiger partial charge in [0.25, 0.3) is 0 Å². The van der Waals surface area contributed by atoms with E-state index in [9.17, 15) is 4.39 Å². The third-order valence-corrected chi connectivity index (χ3v) is 3.42. The molecule has 20 heavy (non-hydrogen) atoms. The van der Waals surface area contributed by atoms with Crippen LogP contribution >= 0.6 is 15.9 Å². The molecule has 0 aliphatic heterocycles. The molecular weight excluding hydrogens is 325 g/mol. The zero-order valence-corrected chi connectivity index (χ0v) is 13.9. The fraction of sp³-hybridized carbons (Fsp3) is 0.600. The summed E-state index contributed by atoms with van der Waals surface area (Å²) in [5, 5.41) is 3.32. The lowest BCUT2D eigenvalue weighted by Gasteiger charge is -2.11. The van der Waals surface area contributed by atoms with Crippen molar-refractivity contribution >= 4 is 15.9 Å². The van der Waals surface area contributed by atoms with Crippen molar-refractivity contribution in [2.75, 3.05) is 33.4 Å². The molecule has 114 valence electrons. The third kappa shape index (κ3) is 6.20. The van der Waals surface area contributed by atoms with E-state index < -0.39 is 0 Å². The molecule has 0 saturated heterocycles. The van der Waals surface area contributed by atoms with E-state index in [4.69, 9.17) is 9.47 Å². The standard InChI is InChI=1S/C15H23BrFNO2/c1-11(2)10-18-5-7-20-6-4-12-8-13(16)14(17)9-15(12)19-3/h8-9,11,18H,4-7,10H2,1-3H3. The number of hydrogen-bond donors (Lipinski definition) is 1. The van der Waals surface area contributed by atoms with Gasteiger partial charge in [-0.3, -0.25) is 0 Å². The molecule has 0 amide bonds. The number of halogens is 2. The van der Waals surface area contributed by atoms with Crippen molar-refractivity contribution in [3.05, 3.63) is 28.0 Å². The average molecular weight is 348 g/mol. The van der Waals surface area contributed by atoms with Crippen LogP contribution in [0.5, 0.6) is 5.75 Å². The van der Waals surface area contributed by atoms with Crippen molar-refractivity contribution in [2.45, 2.75) is 20.3 Å². The summed E-state index contributed by atoms with van der Waals surface area (Å²) in [5.74, 6) is 0.896. The second-order valence-electron chi connectivity index (χ2n) is 5.04. The maximum absolute atomic E-state index is 13.4. The largest absolute Gasteiger partial charge is 0.496 e. The van der Waals surface area contributed by atoms with E-state index in [-0.39, 0.29) is 5.82 Å². The Morgan fingerprint density at radius 3 is 2.70 bits per heavy atom. The van der Waals surface area contributed by atoms with Crippen molar-refractivity contribution in [3.8, 4) is 5.75 Å². The smallest absolute Gasteiger partial charge is 0.141 e. The van der Waals surface area contributed by atoms with Crippen LogP contribution in [0.1, 0.15) is 19.4 Å². The van der Waals surface area contributed by atoms with Crippen LogP contribution in [0, 0.1) is 11.7 Å². The summed E-state index contributed by atoms with van der Waals surface area (Å²) < 4.78 is 24.6. The fourth-order valence-electron chi connectivity index (χ4n) is 1.77. The number of nitrogens with one attached hydrogen (secondary N) is 1. The maximum Gasteiger partial charge on any atom is 0.141 e. The van der Waals surface area contributed by atoms with Gasteiger partial charge in [0, 0.05) is 12.6 Å². The van der Waals surface area contributed by atoms with Crippen LogP contribution in [0.15, 0.2) is 16.6 Å². The summed E-state index contributed by atoms with van der Waals surface area (Å²) in [6.07, 6.45) is 0.701. The van der Waals surface area contributed by atoms with Gasteiger partial charge in [-0.05, 0) is 46.4 Å². The number of rotatable bonds is 9. The van der Waals surface area contributed by atoms with E-state index in [0.717, 1.165) is 18.7 Å². The van der Waals surface area contributed by atoms with Gasteiger partial charge >= 0.3 is 0 Å². The molecule has 3 nitrogen and oxygen atoms in total. The molecule has 0 fully saturated rings. The highest BCUT2D eigenvalue weighted by Gasteiger charge is 2.08. The Labute approximate surface area is 129 Å². The summed E-state index contributed by atoms with van der Waals surface area (Å²) in [5.41, 5.74) is 0.941. The first-order chi connectivity index (χ1) is 9.54. The van der Waals surface area contributed by atoms with Gasteiger partial charge in [0.05, 0.1) is 24.8 Å². The van der Waals surface area contributed by atoms with E-state index in [0.29, 0.717) is 35.8 Å². The molecule has 0 aliphatic rings. The van der Waals surface area contributed by atoms with Crippen molar-refractivity contribution in [2.24, 2.45) is 5.92 Å². The SMILES string of the molecule is COc1cc(F)c(Br)cc1CCOCCNCC(C)C. The predicted octanol–water partition coefficient (Wildman–Crippen LogP) is 3.40. The molecule has 0 saturated carbocycles. The Kier molecular flexibility index (Phi) is 8.11. The Balaban J connectivity index is 2.30. The molecule has 0 aromatic heterocycles. The van der Waals surface area contributed by atoms with E-state index >= 15 is 0 Å². The highest BCUT2D eigenvalue weighted by atomic mass is 79.9. The van der Waals surface area contributed by atoms with Crippen LogP contribution in [-0.2, 0) is 11.2 Å². The molecule has 0 spiro atoms. The zero-order valence-electron chi connectivity index (χ0n) is 12.3. The van der Waals surface area contributed by atoms with Crippen molar-refractivity contribution < 1.29 is 13.9 Å². The number of methoxy groups -OCH3 is 1. The molecule has 1 N–H and O–H groups in total. The van der Waals surface area contributed by atoms with Crippen LogP contribution in [0.2, 0.25) is 0 Å². The summed E-state index contributed by atoms with van der Waals surface area (Å²) in [7, 11) is 1.54. The van der Waals surface area contributed by atoms with Gasteiger partial charge in [0.15, 0.2) is 0 Å². The van der Waals surface area contributed by atoms with Crippen LogP contribution in [-0.4, -0.2) is 33.4 Å². The Morgan fingerprint density at radius 1 is 1.30 bits per heavy atom. The van der Waals surface area contributed by atoms with Crippen LogP contribution in [0.3, 0.4) is 0 Å². The van der Waals surface area contributed by atoms with Crippen LogP contribution in [0.4, 0.5) is 4.39 Å². The first kappa shape index (κ1) is 17.4. The number of ether oxygens (including phenoxy) is 2. The van der Waals surface area contributed by atoms with E-state index in [1.54, 1.807) is 13.2 Å². The molecule has 0 aliphatic carbocycles. The van der Waals surface area contributed by atoms with Crippen molar-refractivity contribution in [1.29, 1.82) is 0 Å². The molecule has 5 heteroatoms. The second kappa shape index (κ2) is 9.32. The summed E-state index contributed by atoms with van der Waals surface area (Å²) >= 11 is 3.18. The Morgan fingerprint density at radius 2 is 2.05 bits per heavy atom. The van der Waals surface area contributed by atoms with Gasteiger partial charge in [0.1, 0.15) is 11.6 Å². The number of hydrogen-bond acceptors (Lipinski definition) is 3. The fourth-order valence-corrected chi connectivity index (χ4v) is 2.17. The highest BCUT2D eigenvalue weighted by Crippen LogP contribution is 2.26. The minimum atomic E-state index is -0.315. The Bertz CT molecular complexity index is 413. The van der Waals surface area contributed by atoms with Crippen molar-refractivity contribution in [1.82, 2.24) is 5.32 Å². The van der Waals surface area contributed by atoms with Gasteiger partial charge < -0.3 is 14.8 Å². The monoisotopic (exact) mass is 347 g/mol. The maximum atomic E-state index is 13.4. The molecule has 0 heterocycles. The highest BCUT2D eigenvalue weighted by molar-refractivity contribution is 9.10. The van der Waals surface area contributed by atoms with E-state index in [2.05, 4.69) is 35.1 Å². The first-order valence-corrected chi connectivity index (χ1v) is 7.64. The van der Waals surface area contributed by atoms with Crippen molar-refractivity contribution in [3.63, 3.8) is 0 Å². The summed E-state index contributed by atoms with van der Waals surface area (Å²) in [6.45, 7) is 7.47. The molecule has 0 unspecified atom stereocenters. The van der Waals surface area contributed by atoms with Crippen LogP contribution < -0.4 is 10.1 Å². The lowest BCUT2D eigenvalue weighted by Crippen LogP contribution is -2.24. The lowest BCUT2D eigenvalue weighted by molar-refractivity contribution is 0.138. The average Bonchev–Trinajstić information content (AvgIpc) is 2.40. The number of benzene rings is 1. The van der Waals surface area contributed by atoms with E-state index in [1.807, 2.05) is 0 Å². The summed E-state index contributed by atoms with van der Waals surface area (Å²) in [4.78, 5) is 0. The van der Waals surface area contributed by atoms with Gasteiger partial charge in [0.2, 0.25) is 0 Å². The quantitative estimate of drug-likeness (QED) is 0.694. The zero-order chi connectivity index (χ0) is 15.0. The second-order valence-corrected chi connectivity index (χ2v) is 5.89. The topological polar surface area (TPSA) is 30.5 Å². The normalized spacial score (nSPS) is 11.1. The van der Waals surface area contributed by atoms with Gasteiger partial charge in [-0.1, -0.05) is 13.8 Å². The third-order valence-electron chi connectivity index (χ3n) is 2.81. The molecule has 1 aromatic carbocycles. The van der Waals surface area contributed by atoms with Crippen LogP contribution in [0.25, 0.3) is 0 Å². The molecule has 1 rings (SSSR count). The van der Waals surface area contributed by atoms with Gasteiger partial charge in [-0.15, -0.1) is 0 Å². The van der Waals surface area contributed by atoms with Gasteiger partial charge in [-0.25, -0.2) is 4.39 Å². The molecule has 1 aromatic rings. The lowest BCUT2D eigenvalue weighted by atomic mass is 10.1. The molecule has 0 bridgehead atoms. The van der Waals surface area contributed by atoms with Gasteiger partial charge in [-0.2, -0.15) is 0 Å². The Hall–Kier alpha value is -0.650. The molecular formula is C15H23BrFNO2. The predicted molar refractivity (Wildman–Crippen MR) is 82.9 cm³/mol.